The summed E-state index contributed by atoms with van der Waals surface area (Å²) >= 11 is 5.70. The Hall–Kier alpha value is -3.14. The van der Waals surface area contributed by atoms with Gasteiger partial charge in [0.25, 0.3) is 11.6 Å². The fourth-order valence-electron chi connectivity index (χ4n) is 2.00. The number of nitro groups is 1. The normalized spacial score (nSPS) is 11.0. The number of halogens is 4. The highest BCUT2D eigenvalue weighted by Gasteiger charge is 2.34. The summed E-state index contributed by atoms with van der Waals surface area (Å²) in [6.07, 6.45) is -4.75. The lowest BCUT2D eigenvalue weighted by Gasteiger charge is -2.15. The van der Waals surface area contributed by atoms with Gasteiger partial charge in [-0.1, -0.05) is 17.7 Å². The molecule has 2 aromatic rings. The monoisotopic (exact) mass is 402 g/mol. The molecule has 0 bridgehead atoms. The van der Waals surface area contributed by atoms with Crippen LogP contribution in [-0.2, 0) is 15.7 Å². The number of nitrogens with one attached hydrogen (secondary N) is 1. The fourth-order valence-corrected chi connectivity index (χ4v) is 2.22. The summed E-state index contributed by atoms with van der Waals surface area (Å²) < 4.78 is 43.6. The van der Waals surface area contributed by atoms with Crippen LogP contribution in [0.2, 0.25) is 5.02 Å². The Bertz CT molecular complexity index is 885. The van der Waals surface area contributed by atoms with E-state index in [1.807, 2.05) is 5.32 Å². The number of carbonyl (C=O) groups is 2. The van der Waals surface area contributed by atoms with Gasteiger partial charge in [-0.25, -0.2) is 4.79 Å². The molecule has 11 heteroatoms. The largest absolute Gasteiger partial charge is 0.452 e. The van der Waals surface area contributed by atoms with Crippen LogP contribution in [-0.4, -0.2) is 23.4 Å². The minimum atomic E-state index is -4.75. The van der Waals surface area contributed by atoms with Crippen molar-refractivity contribution in [3.63, 3.8) is 0 Å². The van der Waals surface area contributed by atoms with Crippen LogP contribution in [0.1, 0.15) is 15.9 Å². The number of nitrogens with zero attached hydrogens (tertiary/aromatic N) is 1. The Morgan fingerprint density at radius 2 is 1.78 bits per heavy atom. The highest BCUT2D eigenvalue weighted by atomic mass is 35.5. The summed E-state index contributed by atoms with van der Waals surface area (Å²) in [5.74, 6) is -2.01. The molecule has 0 spiro atoms. The van der Waals surface area contributed by atoms with E-state index in [4.69, 9.17) is 11.6 Å². The molecule has 0 aliphatic heterocycles. The third-order valence-corrected chi connectivity index (χ3v) is 3.55. The van der Waals surface area contributed by atoms with Crippen LogP contribution >= 0.6 is 11.6 Å². The maximum Gasteiger partial charge on any atom is 0.418 e. The predicted molar refractivity (Wildman–Crippen MR) is 88.5 cm³/mol. The van der Waals surface area contributed by atoms with Gasteiger partial charge in [-0.2, -0.15) is 13.2 Å². The second-order valence-corrected chi connectivity index (χ2v) is 5.50. The summed E-state index contributed by atoms with van der Waals surface area (Å²) in [6.45, 7) is -0.877. The Morgan fingerprint density at radius 1 is 1.15 bits per heavy atom. The van der Waals surface area contributed by atoms with E-state index in [0.717, 1.165) is 42.5 Å². The number of benzene rings is 2. The maximum atomic E-state index is 13.0. The van der Waals surface area contributed by atoms with Gasteiger partial charge in [0.2, 0.25) is 0 Å². The summed E-state index contributed by atoms with van der Waals surface area (Å²) in [6, 6.07) is 7.35. The number of hydrogen-bond acceptors (Lipinski definition) is 5. The van der Waals surface area contributed by atoms with Crippen LogP contribution in [0.15, 0.2) is 42.5 Å². The number of non-ortho nitro benzene ring substituents is 1. The molecule has 7 nitrogen and oxygen atoms in total. The molecule has 0 fully saturated rings. The van der Waals surface area contributed by atoms with Crippen molar-refractivity contribution in [2.24, 2.45) is 0 Å². The zero-order valence-electron chi connectivity index (χ0n) is 13.2. The maximum absolute atomic E-state index is 13.0. The van der Waals surface area contributed by atoms with Crippen LogP contribution in [0.4, 0.5) is 24.5 Å². The van der Waals surface area contributed by atoms with E-state index in [0.29, 0.717) is 0 Å². The molecule has 0 aliphatic carbocycles. The van der Waals surface area contributed by atoms with Crippen molar-refractivity contribution in [1.82, 2.24) is 0 Å². The lowest BCUT2D eigenvalue weighted by Crippen LogP contribution is -2.23. The number of esters is 1. The number of amides is 1. The molecule has 0 aromatic heterocycles. The summed E-state index contributed by atoms with van der Waals surface area (Å²) in [5, 5.41) is 12.2. The van der Waals surface area contributed by atoms with E-state index in [2.05, 4.69) is 4.74 Å². The number of hydrogen-bond donors (Lipinski definition) is 1. The first kappa shape index (κ1) is 20.2. The van der Waals surface area contributed by atoms with Gasteiger partial charge < -0.3 is 10.1 Å². The van der Waals surface area contributed by atoms with Crippen LogP contribution in [0, 0.1) is 10.1 Å². The summed E-state index contributed by atoms with van der Waals surface area (Å²) in [4.78, 5) is 33.5. The summed E-state index contributed by atoms with van der Waals surface area (Å²) in [7, 11) is 0. The Kier molecular flexibility index (Phi) is 6.01. The van der Waals surface area contributed by atoms with E-state index in [-0.39, 0.29) is 16.3 Å². The molecule has 1 N–H and O–H groups in total. The van der Waals surface area contributed by atoms with Gasteiger partial charge in [0.1, 0.15) is 0 Å². The van der Waals surface area contributed by atoms with E-state index < -0.39 is 40.8 Å². The molecular formula is C16H10ClF3N2O5. The third-order valence-electron chi connectivity index (χ3n) is 3.23. The van der Waals surface area contributed by atoms with Crippen molar-refractivity contribution in [2.75, 3.05) is 11.9 Å². The van der Waals surface area contributed by atoms with Crippen molar-refractivity contribution in [2.45, 2.75) is 6.18 Å². The van der Waals surface area contributed by atoms with Gasteiger partial charge in [-0.05, 0) is 24.3 Å². The lowest BCUT2D eigenvalue weighted by atomic mass is 10.1. The average molecular weight is 403 g/mol. The first-order valence-corrected chi connectivity index (χ1v) is 7.54. The van der Waals surface area contributed by atoms with Crippen LogP contribution in [0.5, 0.6) is 0 Å². The van der Waals surface area contributed by atoms with Gasteiger partial charge in [0.15, 0.2) is 6.61 Å². The zero-order valence-corrected chi connectivity index (χ0v) is 14.0. The van der Waals surface area contributed by atoms with Gasteiger partial charge in [-0.3, -0.25) is 14.9 Å². The highest BCUT2D eigenvalue weighted by molar-refractivity contribution is 6.34. The van der Waals surface area contributed by atoms with Gasteiger partial charge >= 0.3 is 12.1 Å². The van der Waals surface area contributed by atoms with Crippen molar-refractivity contribution in [3.05, 3.63) is 68.7 Å². The SMILES string of the molecule is O=C(COC(=O)c1ccc([N+](=O)[O-])cc1)Nc1c(Cl)cccc1C(F)(F)F. The van der Waals surface area contributed by atoms with E-state index in [1.54, 1.807) is 0 Å². The van der Waals surface area contributed by atoms with Crippen LogP contribution < -0.4 is 5.32 Å². The van der Waals surface area contributed by atoms with E-state index in [9.17, 15) is 32.9 Å². The van der Waals surface area contributed by atoms with Crippen LogP contribution in [0.25, 0.3) is 0 Å². The van der Waals surface area contributed by atoms with Gasteiger partial charge in [0, 0.05) is 12.1 Å². The van der Waals surface area contributed by atoms with Crippen molar-refractivity contribution in [3.8, 4) is 0 Å². The van der Waals surface area contributed by atoms with E-state index in [1.165, 1.54) is 0 Å². The smallest absolute Gasteiger partial charge is 0.418 e. The number of rotatable bonds is 5. The molecule has 0 saturated carbocycles. The first-order chi connectivity index (χ1) is 12.6. The van der Waals surface area contributed by atoms with Gasteiger partial charge in [-0.15, -0.1) is 0 Å². The second-order valence-electron chi connectivity index (χ2n) is 5.09. The predicted octanol–water partition coefficient (Wildman–Crippen LogP) is 4.06. The summed E-state index contributed by atoms with van der Waals surface area (Å²) in [5.41, 5.74) is -2.11. The van der Waals surface area contributed by atoms with Crippen molar-refractivity contribution < 1.29 is 32.4 Å². The Morgan fingerprint density at radius 3 is 2.33 bits per heavy atom. The number of carbonyl (C=O) groups excluding carboxylic acids is 2. The fraction of sp³-hybridized carbons (Fsp3) is 0.125. The molecule has 0 saturated heterocycles. The average Bonchev–Trinajstić information content (AvgIpc) is 2.60. The van der Waals surface area contributed by atoms with Gasteiger partial charge in [0.05, 0.1) is 26.8 Å². The molecule has 0 unspecified atom stereocenters. The minimum Gasteiger partial charge on any atom is -0.452 e. The number of anilines is 1. The minimum absolute atomic E-state index is 0.0675. The lowest BCUT2D eigenvalue weighted by molar-refractivity contribution is -0.384. The number of nitro benzene ring substituents is 1. The number of alkyl halides is 3. The second kappa shape index (κ2) is 8.04. The van der Waals surface area contributed by atoms with Crippen LogP contribution in [0.3, 0.4) is 0 Å². The molecule has 2 rings (SSSR count). The molecule has 142 valence electrons. The van der Waals surface area contributed by atoms with Crippen molar-refractivity contribution in [1.29, 1.82) is 0 Å². The Balaban J connectivity index is 2.03. The molecule has 0 heterocycles. The topological polar surface area (TPSA) is 98.5 Å². The molecule has 0 aliphatic rings. The molecular weight excluding hydrogens is 393 g/mol. The molecule has 0 atom stereocenters. The number of ether oxygens (including phenoxy) is 1. The first-order valence-electron chi connectivity index (χ1n) is 7.16. The third kappa shape index (κ3) is 5.17. The van der Waals surface area contributed by atoms with E-state index >= 15 is 0 Å². The standard InChI is InChI=1S/C16H10ClF3N2O5/c17-12-3-1-2-11(16(18,19)20)14(12)21-13(23)8-27-15(24)9-4-6-10(7-5-9)22(25)26/h1-7H,8H2,(H,21,23). The molecule has 0 radical (unpaired) electrons. The molecule has 27 heavy (non-hydrogen) atoms. The molecule has 1 amide bonds. The number of para-hydroxylation sites is 1. The van der Waals surface area contributed by atoms with Crippen molar-refractivity contribution >= 4 is 34.9 Å². The highest BCUT2D eigenvalue weighted by Crippen LogP contribution is 2.38. The zero-order chi connectivity index (χ0) is 20.2. The quantitative estimate of drug-likeness (QED) is 0.462. The Labute approximate surface area is 154 Å². The molecule has 2 aromatic carbocycles.